The lowest BCUT2D eigenvalue weighted by Crippen LogP contribution is -2.57. The summed E-state index contributed by atoms with van der Waals surface area (Å²) in [6.07, 6.45) is 5.20. The number of carboxylic acid groups (broad SMARTS) is 1. The van der Waals surface area contributed by atoms with Crippen LogP contribution in [0.15, 0.2) is 3.79 Å². The number of nitrogens with zero attached hydrogens (tertiary/aromatic N) is 2. The third-order valence-corrected chi connectivity index (χ3v) is 7.73. The lowest BCUT2D eigenvalue weighted by atomic mass is 9.87. The highest BCUT2D eigenvalue weighted by molar-refractivity contribution is 9.11. The van der Waals surface area contributed by atoms with Crippen molar-refractivity contribution in [3.05, 3.63) is 14.9 Å². The van der Waals surface area contributed by atoms with E-state index in [2.05, 4.69) is 32.7 Å². The van der Waals surface area contributed by atoms with Crippen LogP contribution in [0.3, 0.4) is 0 Å². The molecule has 1 aromatic rings. The quantitative estimate of drug-likeness (QED) is 0.739. The van der Waals surface area contributed by atoms with Crippen molar-refractivity contribution in [1.82, 2.24) is 4.90 Å². The van der Waals surface area contributed by atoms with Crippen LogP contribution in [0.25, 0.3) is 0 Å². The SMILES string of the molecule is CCN(c1sc(Br)c(C(=O)O)c1C)C1CCC(N2CC(OC)C2)CC1. The molecule has 0 spiro atoms. The van der Waals surface area contributed by atoms with E-state index in [1.807, 2.05) is 6.92 Å². The van der Waals surface area contributed by atoms with Gasteiger partial charge in [-0.15, -0.1) is 11.3 Å². The van der Waals surface area contributed by atoms with E-state index in [-0.39, 0.29) is 0 Å². The maximum atomic E-state index is 11.5. The predicted molar refractivity (Wildman–Crippen MR) is 105 cm³/mol. The van der Waals surface area contributed by atoms with Crippen LogP contribution < -0.4 is 4.90 Å². The minimum absolute atomic E-state index is 0.415. The molecule has 1 aliphatic carbocycles. The van der Waals surface area contributed by atoms with Gasteiger partial charge in [-0.2, -0.15) is 0 Å². The van der Waals surface area contributed by atoms with E-state index < -0.39 is 5.97 Å². The Morgan fingerprint density at radius 1 is 1.36 bits per heavy atom. The molecule has 3 rings (SSSR count). The predicted octanol–water partition coefficient (Wildman–Crippen LogP) is 3.99. The number of hydrogen-bond donors (Lipinski definition) is 1. The van der Waals surface area contributed by atoms with Crippen molar-refractivity contribution < 1.29 is 14.6 Å². The third-order valence-electron chi connectivity index (χ3n) is 5.73. The number of methoxy groups -OCH3 is 1. The molecule has 25 heavy (non-hydrogen) atoms. The maximum Gasteiger partial charge on any atom is 0.338 e. The van der Waals surface area contributed by atoms with Crippen LogP contribution in [0.5, 0.6) is 0 Å². The fraction of sp³-hybridized carbons (Fsp3) is 0.722. The molecule has 0 atom stereocenters. The highest BCUT2D eigenvalue weighted by Gasteiger charge is 2.36. The van der Waals surface area contributed by atoms with Crippen LogP contribution in [-0.4, -0.2) is 60.9 Å². The molecule has 1 aliphatic heterocycles. The van der Waals surface area contributed by atoms with Gasteiger partial charge >= 0.3 is 5.97 Å². The van der Waals surface area contributed by atoms with Crippen molar-refractivity contribution in [2.75, 3.05) is 31.6 Å². The van der Waals surface area contributed by atoms with Gasteiger partial charge in [-0.05, 0) is 61.0 Å². The normalized spacial score (nSPS) is 25.0. The lowest BCUT2D eigenvalue weighted by Gasteiger charge is -2.47. The van der Waals surface area contributed by atoms with Gasteiger partial charge in [0.2, 0.25) is 0 Å². The number of thiophene rings is 1. The second-order valence-electron chi connectivity index (χ2n) is 7.05. The zero-order valence-corrected chi connectivity index (χ0v) is 17.5. The van der Waals surface area contributed by atoms with E-state index >= 15 is 0 Å². The van der Waals surface area contributed by atoms with E-state index in [0.29, 0.717) is 23.8 Å². The number of likely N-dealkylation sites (tertiary alicyclic amines) is 1. The Labute approximate surface area is 162 Å². The van der Waals surface area contributed by atoms with Crippen LogP contribution >= 0.6 is 27.3 Å². The molecular formula is C18H27BrN2O3S. The Kier molecular flexibility index (Phi) is 6.08. The average Bonchev–Trinajstić information content (AvgIpc) is 2.83. The van der Waals surface area contributed by atoms with Crippen molar-refractivity contribution in [2.45, 2.75) is 57.7 Å². The molecule has 1 saturated heterocycles. The Balaban J connectivity index is 1.65. The van der Waals surface area contributed by atoms with Crippen LogP contribution in [0.4, 0.5) is 5.00 Å². The average molecular weight is 431 g/mol. The Hall–Kier alpha value is -0.630. The summed E-state index contributed by atoms with van der Waals surface area (Å²) < 4.78 is 6.11. The van der Waals surface area contributed by atoms with E-state index in [1.54, 1.807) is 18.4 Å². The van der Waals surface area contributed by atoms with Gasteiger partial charge in [0.15, 0.2) is 0 Å². The zero-order valence-electron chi connectivity index (χ0n) is 15.1. The van der Waals surface area contributed by atoms with Gasteiger partial charge < -0.3 is 14.7 Å². The van der Waals surface area contributed by atoms with Gasteiger partial charge in [-0.25, -0.2) is 4.79 Å². The summed E-state index contributed by atoms with van der Waals surface area (Å²) in [4.78, 5) is 16.5. The second-order valence-corrected chi connectivity index (χ2v) is 9.36. The van der Waals surface area contributed by atoms with Crippen molar-refractivity contribution in [3.8, 4) is 0 Å². The fourth-order valence-corrected chi connectivity index (χ4v) is 6.29. The van der Waals surface area contributed by atoms with E-state index in [9.17, 15) is 9.90 Å². The molecule has 1 N–H and O–H groups in total. The van der Waals surface area contributed by atoms with E-state index in [4.69, 9.17) is 4.74 Å². The molecule has 2 fully saturated rings. The van der Waals surface area contributed by atoms with Gasteiger partial charge in [0.25, 0.3) is 0 Å². The minimum Gasteiger partial charge on any atom is -0.478 e. The van der Waals surface area contributed by atoms with Crippen molar-refractivity contribution in [3.63, 3.8) is 0 Å². The summed E-state index contributed by atoms with van der Waals surface area (Å²) in [5.74, 6) is -0.850. The van der Waals surface area contributed by atoms with E-state index in [0.717, 1.165) is 34.0 Å². The third kappa shape index (κ3) is 3.75. The largest absolute Gasteiger partial charge is 0.478 e. The summed E-state index contributed by atoms with van der Waals surface area (Å²) >= 11 is 5.00. The first-order valence-corrected chi connectivity index (χ1v) is 10.6. The Morgan fingerprint density at radius 2 is 2.00 bits per heavy atom. The maximum absolute atomic E-state index is 11.5. The van der Waals surface area contributed by atoms with Gasteiger partial charge in [0, 0.05) is 38.8 Å². The van der Waals surface area contributed by atoms with Gasteiger partial charge in [-0.1, -0.05) is 0 Å². The number of ether oxygens (including phenoxy) is 1. The summed E-state index contributed by atoms with van der Waals surface area (Å²) in [5.41, 5.74) is 1.30. The smallest absolute Gasteiger partial charge is 0.338 e. The van der Waals surface area contributed by atoms with Gasteiger partial charge in [-0.3, -0.25) is 4.90 Å². The number of halogens is 1. The molecule has 5 nitrogen and oxygen atoms in total. The van der Waals surface area contributed by atoms with Crippen molar-refractivity contribution in [1.29, 1.82) is 0 Å². The number of aromatic carboxylic acids is 1. The first-order valence-electron chi connectivity index (χ1n) is 9.01. The molecule has 0 unspecified atom stereocenters. The summed E-state index contributed by atoms with van der Waals surface area (Å²) in [6.45, 7) is 7.15. The van der Waals surface area contributed by atoms with Crippen molar-refractivity contribution >= 4 is 38.2 Å². The number of anilines is 1. The number of carbonyl (C=O) groups is 1. The molecule has 140 valence electrons. The molecule has 2 aliphatic rings. The highest BCUT2D eigenvalue weighted by atomic mass is 79.9. The fourth-order valence-electron chi connectivity index (χ4n) is 4.20. The van der Waals surface area contributed by atoms with Crippen LogP contribution in [0.2, 0.25) is 0 Å². The van der Waals surface area contributed by atoms with E-state index in [1.165, 1.54) is 25.7 Å². The molecular weight excluding hydrogens is 404 g/mol. The van der Waals surface area contributed by atoms with Gasteiger partial charge in [0.05, 0.1) is 20.5 Å². The topological polar surface area (TPSA) is 53.0 Å². The molecule has 1 saturated carbocycles. The van der Waals surface area contributed by atoms with Crippen LogP contribution in [0.1, 0.15) is 48.5 Å². The van der Waals surface area contributed by atoms with Crippen molar-refractivity contribution in [2.24, 2.45) is 0 Å². The number of rotatable bonds is 6. The monoisotopic (exact) mass is 430 g/mol. The van der Waals surface area contributed by atoms with Crippen LogP contribution in [0, 0.1) is 6.92 Å². The first-order chi connectivity index (χ1) is 12.0. The second kappa shape index (κ2) is 7.94. The standard InChI is InChI=1S/C18H27BrN2O3S/c1-4-21(17-11(2)15(18(22)23)16(19)25-17)13-7-5-12(6-8-13)20-9-14(10-20)24-3/h12-14H,4-10H2,1-3H3,(H,22,23). The number of hydrogen-bond acceptors (Lipinski definition) is 5. The molecule has 0 aromatic carbocycles. The molecule has 0 radical (unpaired) electrons. The lowest BCUT2D eigenvalue weighted by molar-refractivity contribution is -0.0578. The summed E-state index contributed by atoms with van der Waals surface area (Å²) in [5, 5.41) is 10.5. The Bertz CT molecular complexity index is 622. The molecule has 0 amide bonds. The van der Waals surface area contributed by atoms with Crippen LogP contribution in [-0.2, 0) is 4.74 Å². The summed E-state index contributed by atoms with van der Waals surface area (Å²) in [6, 6.07) is 1.19. The highest BCUT2D eigenvalue weighted by Crippen LogP contribution is 2.42. The molecule has 7 heteroatoms. The number of carboxylic acids is 1. The minimum atomic E-state index is -0.850. The summed E-state index contributed by atoms with van der Waals surface area (Å²) in [7, 11) is 1.80. The van der Waals surface area contributed by atoms with Gasteiger partial charge in [0.1, 0.15) is 0 Å². The first kappa shape index (κ1) is 19.1. The zero-order chi connectivity index (χ0) is 18.1. The molecule has 1 aromatic heterocycles. The Morgan fingerprint density at radius 3 is 2.48 bits per heavy atom. The molecule has 0 bridgehead atoms. The molecule has 2 heterocycles.